The number of nitrogens with one attached hydrogen (secondary N) is 2. The van der Waals surface area contributed by atoms with Crippen LogP contribution in [-0.2, 0) is 22.7 Å². The fraction of sp³-hybridized carbons (Fsp3) is 0.125. The molecule has 0 saturated heterocycles. The largest absolute Gasteiger partial charge is 0.489 e. The molecule has 0 atom stereocenters. The second kappa shape index (κ2) is 10.9. The molecule has 1 heterocycles. The van der Waals surface area contributed by atoms with Gasteiger partial charge >= 0.3 is 11.8 Å². The predicted molar refractivity (Wildman–Crippen MR) is 127 cm³/mol. The minimum absolute atomic E-state index is 0.160. The highest BCUT2D eigenvalue weighted by Crippen LogP contribution is 2.32. The lowest BCUT2D eigenvalue weighted by molar-refractivity contribution is -0.139. The Balaban J connectivity index is 1.22. The van der Waals surface area contributed by atoms with Crippen LogP contribution in [-0.4, -0.2) is 24.8 Å². The summed E-state index contributed by atoms with van der Waals surface area (Å²) in [5.74, 6) is 0.169. The minimum Gasteiger partial charge on any atom is -0.489 e. The standard InChI is InChI=1S/C24H19Cl2N3O5/c25-19-2-1-3-20(26)18(19)13-32-17-7-4-15(5-8-17)12-28-29-24(31)23(30)27-11-16-6-9-21-22(10-16)34-14-33-21/h1-10,12H,11,13-14H2,(H,27,30)(H,29,31)/b28-12-. The van der Waals surface area contributed by atoms with E-state index in [4.69, 9.17) is 37.4 Å². The maximum Gasteiger partial charge on any atom is 0.329 e. The monoisotopic (exact) mass is 499 g/mol. The molecule has 0 saturated carbocycles. The number of hydrogen-bond donors (Lipinski definition) is 2. The summed E-state index contributed by atoms with van der Waals surface area (Å²) in [5.41, 5.74) is 4.37. The average molecular weight is 500 g/mol. The number of carbonyl (C=O) groups is 2. The molecule has 8 nitrogen and oxygen atoms in total. The summed E-state index contributed by atoms with van der Waals surface area (Å²) in [6.07, 6.45) is 1.41. The maximum atomic E-state index is 12.0. The van der Waals surface area contributed by atoms with Gasteiger partial charge in [0.1, 0.15) is 12.4 Å². The molecule has 0 bridgehead atoms. The molecule has 1 aliphatic rings. The van der Waals surface area contributed by atoms with Crippen molar-refractivity contribution in [3.63, 3.8) is 0 Å². The van der Waals surface area contributed by atoms with E-state index in [0.717, 1.165) is 5.56 Å². The van der Waals surface area contributed by atoms with Crippen LogP contribution < -0.4 is 25.0 Å². The number of amides is 2. The maximum absolute atomic E-state index is 12.0. The molecule has 3 aromatic carbocycles. The van der Waals surface area contributed by atoms with Gasteiger partial charge in [-0.05, 0) is 59.7 Å². The van der Waals surface area contributed by atoms with E-state index in [1.165, 1.54) is 6.21 Å². The van der Waals surface area contributed by atoms with Crippen molar-refractivity contribution in [1.29, 1.82) is 0 Å². The Hall–Kier alpha value is -3.75. The molecule has 4 rings (SSSR count). The first-order valence-electron chi connectivity index (χ1n) is 10.1. The summed E-state index contributed by atoms with van der Waals surface area (Å²) in [6.45, 7) is 0.551. The number of hydrogen-bond acceptors (Lipinski definition) is 6. The van der Waals surface area contributed by atoms with Crippen LogP contribution in [0.2, 0.25) is 10.0 Å². The molecule has 2 amide bonds. The number of rotatable bonds is 7. The van der Waals surface area contributed by atoms with Crippen molar-refractivity contribution in [3.8, 4) is 17.2 Å². The third kappa shape index (κ3) is 5.98. The van der Waals surface area contributed by atoms with Crippen molar-refractivity contribution in [3.05, 3.63) is 87.4 Å². The highest BCUT2D eigenvalue weighted by molar-refractivity contribution is 6.36. The summed E-state index contributed by atoms with van der Waals surface area (Å²) in [7, 11) is 0. The topological polar surface area (TPSA) is 98.2 Å². The van der Waals surface area contributed by atoms with Crippen LogP contribution in [0.3, 0.4) is 0 Å². The summed E-state index contributed by atoms with van der Waals surface area (Å²) in [4.78, 5) is 23.9. The van der Waals surface area contributed by atoms with Gasteiger partial charge in [-0.2, -0.15) is 5.10 Å². The first-order chi connectivity index (χ1) is 16.5. The molecular weight excluding hydrogens is 481 g/mol. The minimum atomic E-state index is -0.881. The van der Waals surface area contributed by atoms with E-state index in [0.29, 0.717) is 38.4 Å². The number of ether oxygens (including phenoxy) is 3. The normalized spacial score (nSPS) is 11.9. The number of benzene rings is 3. The Morgan fingerprint density at radius 2 is 1.71 bits per heavy atom. The lowest BCUT2D eigenvalue weighted by Crippen LogP contribution is -2.37. The van der Waals surface area contributed by atoms with Gasteiger partial charge in [-0.25, -0.2) is 5.43 Å². The van der Waals surface area contributed by atoms with E-state index in [9.17, 15) is 9.59 Å². The zero-order chi connectivity index (χ0) is 23.9. The molecule has 1 aliphatic heterocycles. The van der Waals surface area contributed by atoms with Crippen molar-refractivity contribution in [1.82, 2.24) is 10.7 Å². The summed E-state index contributed by atoms with van der Waals surface area (Å²) in [6, 6.07) is 17.5. The van der Waals surface area contributed by atoms with E-state index in [1.807, 2.05) is 0 Å². The van der Waals surface area contributed by atoms with Gasteiger partial charge in [0, 0.05) is 22.2 Å². The van der Waals surface area contributed by atoms with E-state index in [2.05, 4.69) is 15.8 Å². The molecule has 0 spiro atoms. The molecule has 34 heavy (non-hydrogen) atoms. The van der Waals surface area contributed by atoms with E-state index < -0.39 is 11.8 Å². The Bertz CT molecular complexity index is 1210. The number of hydrazone groups is 1. The van der Waals surface area contributed by atoms with Crippen LogP contribution in [0.4, 0.5) is 0 Å². The Morgan fingerprint density at radius 1 is 0.971 bits per heavy atom. The van der Waals surface area contributed by atoms with Crippen LogP contribution in [0.15, 0.2) is 65.8 Å². The molecule has 174 valence electrons. The molecule has 0 unspecified atom stereocenters. The van der Waals surface area contributed by atoms with Crippen LogP contribution in [0, 0.1) is 0 Å². The van der Waals surface area contributed by atoms with Crippen molar-refractivity contribution in [2.45, 2.75) is 13.2 Å². The van der Waals surface area contributed by atoms with E-state index in [-0.39, 0.29) is 19.9 Å². The second-order valence-electron chi connectivity index (χ2n) is 7.13. The smallest absolute Gasteiger partial charge is 0.329 e. The quantitative estimate of drug-likeness (QED) is 0.290. The highest BCUT2D eigenvalue weighted by atomic mass is 35.5. The van der Waals surface area contributed by atoms with Gasteiger partial charge in [0.15, 0.2) is 11.5 Å². The molecular formula is C24H19Cl2N3O5. The molecule has 0 aliphatic carbocycles. The van der Waals surface area contributed by atoms with E-state index in [1.54, 1.807) is 60.7 Å². The van der Waals surface area contributed by atoms with Gasteiger partial charge in [-0.15, -0.1) is 0 Å². The fourth-order valence-electron chi connectivity index (χ4n) is 3.01. The van der Waals surface area contributed by atoms with Crippen LogP contribution in [0.25, 0.3) is 0 Å². The van der Waals surface area contributed by atoms with Gasteiger partial charge in [-0.1, -0.05) is 35.3 Å². The van der Waals surface area contributed by atoms with Gasteiger partial charge < -0.3 is 19.5 Å². The number of fused-ring (bicyclic) bond motifs is 1. The van der Waals surface area contributed by atoms with Gasteiger partial charge in [0.2, 0.25) is 6.79 Å². The highest BCUT2D eigenvalue weighted by Gasteiger charge is 2.15. The SMILES string of the molecule is O=C(NCc1ccc2c(c1)OCO2)C(=O)N/N=C\c1ccc(OCc2c(Cl)cccc2Cl)cc1. The summed E-state index contributed by atoms with van der Waals surface area (Å²) >= 11 is 12.3. The van der Waals surface area contributed by atoms with Crippen LogP contribution in [0.1, 0.15) is 16.7 Å². The third-order valence-corrected chi connectivity index (χ3v) is 5.51. The predicted octanol–water partition coefficient (Wildman–Crippen LogP) is 4.07. The molecule has 2 N–H and O–H groups in total. The molecule has 0 radical (unpaired) electrons. The molecule has 10 heteroatoms. The van der Waals surface area contributed by atoms with Crippen molar-refractivity contribution < 1.29 is 23.8 Å². The van der Waals surface area contributed by atoms with Gasteiger partial charge in [0.05, 0.1) is 6.21 Å². The van der Waals surface area contributed by atoms with E-state index >= 15 is 0 Å². The first-order valence-corrected chi connectivity index (χ1v) is 10.9. The lowest BCUT2D eigenvalue weighted by Gasteiger charge is -2.09. The van der Waals surface area contributed by atoms with Crippen LogP contribution in [0.5, 0.6) is 17.2 Å². The number of carbonyl (C=O) groups excluding carboxylic acids is 2. The molecule has 0 fully saturated rings. The van der Waals surface area contributed by atoms with Gasteiger partial charge in [-0.3, -0.25) is 9.59 Å². The summed E-state index contributed by atoms with van der Waals surface area (Å²) < 4.78 is 16.2. The molecule has 0 aromatic heterocycles. The first kappa shape index (κ1) is 23.4. The Labute approximate surface area is 205 Å². The van der Waals surface area contributed by atoms with Crippen molar-refractivity contribution in [2.24, 2.45) is 5.10 Å². The Morgan fingerprint density at radius 3 is 2.47 bits per heavy atom. The zero-order valence-electron chi connectivity index (χ0n) is 17.7. The summed E-state index contributed by atoms with van der Waals surface area (Å²) in [5, 5.41) is 7.41. The van der Waals surface area contributed by atoms with Crippen molar-refractivity contribution in [2.75, 3.05) is 6.79 Å². The van der Waals surface area contributed by atoms with Gasteiger partial charge in [0.25, 0.3) is 0 Å². The second-order valence-corrected chi connectivity index (χ2v) is 7.94. The Kier molecular flexibility index (Phi) is 7.51. The fourth-order valence-corrected chi connectivity index (χ4v) is 3.51. The average Bonchev–Trinajstić information content (AvgIpc) is 3.31. The van der Waals surface area contributed by atoms with Crippen LogP contribution >= 0.6 is 23.2 Å². The van der Waals surface area contributed by atoms with Crippen molar-refractivity contribution >= 4 is 41.2 Å². The lowest BCUT2D eigenvalue weighted by atomic mass is 10.2. The molecule has 3 aromatic rings. The number of halogens is 2. The zero-order valence-corrected chi connectivity index (χ0v) is 19.2. The third-order valence-electron chi connectivity index (χ3n) is 4.80. The number of nitrogens with zero attached hydrogens (tertiary/aromatic N) is 1.